The van der Waals surface area contributed by atoms with Gasteiger partial charge in [-0.1, -0.05) is 6.07 Å². The van der Waals surface area contributed by atoms with Gasteiger partial charge in [-0.3, -0.25) is 9.59 Å². The first kappa shape index (κ1) is 19.2. The Hall–Kier alpha value is -2.55. The van der Waals surface area contributed by atoms with Gasteiger partial charge >= 0.3 is 11.8 Å². The lowest BCUT2D eigenvalue weighted by Gasteiger charge is -2.07. The molecule has 1 unspecified atom stereocenters. The van der Waals surface area contributed by atoms with Crippen molar-refractivity contribution in [2.45, 2.75) is 17.5 Å². The van der Waals surface area contributed by atoms with Crippen LogP contribution in [0.4, 0.5) is 5.69 Å². The van der Waals surface area contributed by atoms with Crippen molar-refractivity contribution in [3.8, 4) is 0 Å². The first-order valence-electron chi connectivity index (χ1n) is 8.10. The highest BCUT2D eigenvalue weighted by molar-refractivity contribution is 7.98. The van der Waals surface area contributed by atoms with E-state index in [4.69, 9.17) is 4.42 Å². The summed E-state index contributed by atoms with van der Waals surface area (Å²) in [6.45, 7) is 0.201. The Bertz CT molecular complexity index is 921. The molecule has 0 aliphatic rings. The summed E-state index contributed by atoms with van der Waals surface area (Å²) in [5.41, 5.74) is 0.571. The number of thioether (sulfide) groups is 1. The summed E-state index contributed by atoms with van der Waals surface area (Å²) >= 11 is 2.89. The van der Waals surface area contributed by atoms with Crippen molar-refractivity contribution in [1.82, 2.24) is 5.32 Å². The molecule has 6 nitrogen and oxygen atoms in total. The maximum atomic E-state index is 12.0. The molecule has 27 heavy (non-hydrogen) atoms. The van der Waals surface area contributed by atoms with Gasteiger partial charge in [0.15, 0.2) is 0 Å². The number of rotatable bonds is 6. The number of aliphatic hydroxyl groups excluding tert-OH is 1. The van der Waals surface area contributed by atoms with Crippen LogP contribution in [0.15, 0.2) is 64.1 Å². The minimum Gasteiger partial charge on any atom is -0.466 e. The molecule has 0 aliphatic carbocycles. The highest BCUT2D eigenvalue weighted by Gasteiger charge is 2.17. The Balaban J connectivity index is 1.53. The van der Waals surface area contributed by atoms with Crippen LogP contribution in [0.3, 0.4) is 0 Å². The zero-order chi connectivity index (χ0) is 19.2. The number of amides is 2. The van der Waals surface area contributed by atoms with E-state index in [0.717, 1.165) is 9.77 Å². The lowest BCUT2D eigenvalue weighted by Crippen LogP contribution is -2.34. The number of furan rings is 1. The number of hydrogen-bond donors (Lipinski definition) is 3. The summed E-state index contributed by atoms with van der Waals surface area (Å²) in [6.07, 6.45) is 2.59. The SMILES string of the molecule is CSc1cccc(NC(=O)C(=O)NCc2ccc(C(O)c3ccco3)s2)c1. The van der Waals surface area contributed by atoms with Crippen molar-refractivity contribution < 1.29 is 19.1 Å². The van der Waals surface area contributed by atoms with E-state index < -0.39 is 17.9 Å². The number of thiophene rings is 1. The van der Waals surface area contributed by atoms with Gasteiger partial charge in [-0.15, -0.1) is 23.1 Å². The monoisotopic (exact) mass is 402 g/mol. The Morgan fingerprint density at radius 1 is 1.19 bits per heavy atom. The van der Waals surface area contributed by atoms with E-state index in [1.807, 2.05) is 18.4 Å². The Morgan fingerprint density at radius 2 is 2.04 bits per heavy atom. The average molecular weight is 402 g/mol. The zero-order valence-electron chi connectivity index (χ0n) is 14.5. The van der Waals surface area contributed by atoms with E-state index in [1.165, 1.54) is 17.6 Å². The van der Waals surface area contributed by atoms with Crippen LogP contribution in [-0.2, 0) is 16.1 Å². The highest BCUT2D eigenvalue weighted by Crippen LogP contribution is 2.28. The van der Waals surface area contributed by atoms with E-state index in [9.17, 15) is 14.7 Å². The molecule has 0 radical (unpaired) electrons. The average Bonchev–Trinajstić information content (AvgIpc) is 3.37. The number of hydrogen-bond acceptors (Lipinski definition) is 6. The molecule has 1 aromatic carbocycles. The number of carbonyl (C=O) groups is 2. The second kappa shape index (κ2) is 8.90. The van der Waals surface area contributed by atoms with Crippen LogP contribution in [0.25, 0.3) is 0 Å². The molecule has 0 saturated carbocycles. The first-order valence-corrected chi connectivity index (χ1v) is 10.1. The Morgan fingerprint density at radius 3 is 2.78 bits per heavy atom. The number of carbonyl (C=O) groups excluding carboxylic acids is 2. The second-order valence-corrected chi connectivity index (χ2v) is 7.67. The first-order chi connectivity index (χ1) is 13.1. The molecule has 140 valence electrons. The molecule has 2 amide bonds. The number of aliphatic hydroxyl groups is 1. The van der Waals surface area contributed by atoms with E-state index in [1.54, 1.807) is 48.2 Å². The van der Waals surface area contributed by atoms with Gasteiger partial charge in [0.2, 0.25) is 0 Å². The summed E-state index contributed by atoms with van der Waals surface area (Å²) in [5, 5.41) is 15.4. The third-order valence-corrected chi connectivity index (χ3v) is 5.58. The van der Waals surface area contributed by atoms with E-state index >= 15 is 0 Å². The van der Waals surface area contributed by atoms with Gasteiger partial charge in [-0.2, -0.15) is 0 Å². The molecule has 3 aromatic rings. The van der Waals surface area contributed by atoms with Crippen LogP contribution >= 0.6 is 23.1 Å². The molecule has 0 saturated heterocycles. The summed E-state index contributed by atoms with van der Waals surface area (Å²) in [6, 6.07) is 14.2. The fourth-order valence-electron chi connectivity index (χ4n) is 2.36. The lowest BCUT2D eigenvalue weighted by molar-refractivity contribution is -0.136. The van der Waals surface area contributed by atoms with Crippen LogP contribution < -0.4 is 10.6 Å². The molecule has 2 aromatic heterocycles. The van der Waals surface area contributed by atoms with Crippen LogP contribution in [0.5, 0.6) is 0 Å². The van der Waals surface area contributed by atoms with E-state index in [-0.39, 0.29) is 6.54 Å². The van der Waals surface area contributed by atoms with Gasteiger partial charge in [-0.05, 0) is 48.7 Å². The molecule has 8 heteroatoms. The largest absolute Gasteiger partial charge is 0.466 e. The second-order valence-electron chi connectivity index (χ2n) is 5.59. The summed E-state index contributed by atoms with van der Waals surface area (Å²) in [4.78, 5) is 26.6. The molecule has 0 aliphatic heterocycles. The van der Waals surface area contributed by atoms with Gasteiger partial charge < -0.3 is 20.2 Å². The quantitative estimate of drug-likeness (QED) is 0.434. The van der Waals surface area contributed by atoms with Gasteiger partial charge in [0.25, 0.3) is 0 Å². The molecule has 3 rings (SSSR count). The minimum atomic E-state index is -0.846. The maximum Gasteiger partial charge on any atom is 0.313 e. The van der Waals surface area contributed by atoms with Crippen molar-refractivity contribution in [1.29, 1.82) is 0 Å². The van der Waals surface area contributed by atoms with Crippen LogP contribution in [0.2, 0.25) is 0 Å². The van der Waals surface area contributed by atoms with Crippen LogP contribution in [-0.4, -0.2) is 23.2 Å². The fraction of sp³-hybridized carbons (Fsp3) is 0.158. The molecule has 0 fully saturated rings. The van der Waals surface area contributed by atoms with Crippen molar-refractivity contribution in [3.05, 3.63) is 70.3 Å². The van der Waals surface area contributed by atoms with E-state index in [2.05, 4.69) is 10.6 Å². The molecule has 3 N–H and O–H groups in total. The van der Waals surface area contributed by atoms with Crippen molar-refractivity contribution >= 4 is 40.6 Å². The molecular formula is C19H18N2O4S2. The van der Waals surface area contributed by atoms with Gasteiger partial charge in [0.05, 0.1) is 12.8 Å². The molecule has 1 atom stereocenters. The predicted octanol–water partition coefficient (Wildman–Crippen LogP) is 3.40. The summed E-state index contributed by atoms with van der Waals surface area (Å²) in [5.74, 6) is -0.981. The predicted molar refractivity (Wildman–Crippen MR) is 106 cm³/mol. The Kier molecular flexibility index (Phi) is 6.33. The molecule has 2 heterocycles. The Labute approximate surface area is 164 Å². The summed E-state index contributed by atoms with van der Waals surface area (Å²) in [7, 11) is 0. The normalized spacial score (nSPS) is 11.8. The fourth-order valence-corrected chi connectivity index (χ4v) is 3.77. The standard InChI is InChI=1S/C19H18N2O4S2/c1-26-13-5-2-4-12(10-13)21-19(24)18(23)20-11-14-7-8-16(27-14)17(22)15-6-3-9-25-15/h2-10,17,22H,11H2,1H3,(H,20,23)(H,21,24). The van der Waals surface area contributed by atoms with Crippen LogP contribution in [0, 0.1) is 0 Å². The molecule has 0 bridgehead atoms. The maximum absolute atomic E-state index is 12.0. The summed E-state index contributed by atoms with van der Waals surface area (Å²) < 4.78 is 5.19. The smallest absolute Gasteiger partial charge is 0.313 e. The van der Waals surface area contributed by atoms with Gasteiger partial charge in [0, 0.05) is 20.3 Å². The third kappa shape index (κ3) is 5.00. The lowest BCUT2D eigenvalue weighted by atomic mass is 10.2. The number of nitrogens with one attached hydrogen (secondary N) is 2. The van der Waals surface area contributed by atoms with Gasteiger partial charge in [0.1, 0.15) is 11.9 Å². The highest BCUT2D eigenvalue weighted by atomic mass is 32.2. The van der Waals surface area contributed by atoms with Crippen molar-refractivity contribution in [2.75, 3.05) is 11.6 Å². The number of anilines is 1. The topological polar surface area (TPSA) is 91.6 Å². The minimum absolute atomic E-state index is 0.201. The van der Waals surface area contributed by atoms with Crippen molar-refractivity contribution in [2.24, 2.45) is 0 Å². The van der Waals surface area contributed by atoms with Crippen molar-refractivity contribution in [3.63, 3.8) is 0 Å². The number of benzene rings is 1. The van der Waals surface area contributed by atoms with E-state index in [0.29, 0.717) is 16.3 Å². The van der Waals surface area contributed by atoms with Crippen LogP contribution in [0.1, 0.15) is 21.6 Å². The molecule has 0 spiro atoms. The third-order valence-electron chi connectivity index (χ3n) is 3.72. The zero-order valence-corrected chi connectivity index (χ0v) is 16.1. The van der Waals surface area contributed by atoms with Gasteiger partial charge in [-0.25, -0.2) is 0 Å². The molecular weight excluding hydrogens is 384 g/mol.